The summed E-state index contributed by atoms with van der Waals surface area (Å²) < 4.78 is 31.4. The van der Waals surface area contributed by atoms with Crippen LogP contribution in [0.1, 0.15) is 28.8 Å². The Morgan fingerprint density at radius 2 is 1.96 bits per heavy atom. The lowest BCUT2D eigenvalue weighted by Gasteiger charge is -2.38. The number of amides is 1. The number of carbonyl (C=O) groups excluding carboxylic acids is 1. The molecule has 3 rings (SSSR count). The molecule has 6 nitrogen and oxygen atoms in total. The first kappa shape index (κ1) is 18.6. The lowest BCUT2D eigenvalue weighted by Crippen LogP contribution is -2.53. The molecule has 1 aromatic carbocycles. The lowest BCUT2D eigenvalue weighted by atomic mass is 10.0. The van der Waals surface area contributed by atoms with Crippen LogP contribution in [0.2, 0.25) is 5.02 Å². The van der Waals surface area contributed by atoms with E-state index in [0.717, 1.165) is 5.56 Å². The number of hydrogen-bond donors (Lipinski definition) is 0. The normalized spacial score (nSPS) is 25.3. The van der Waals surface area contributed by atoms with Gasteiger partial charge in [-0.3, -0.25) is 4.79 Å². The number of fused-ring (bicyclic) bond motifs is 1. The molecule has 0 unspecified atom stereocenters. The van der Waals surface area contributed by atoms with Crippen LogP contribution in [0.3, 0.4) is 0 Å². The van der Waals surface area contributed by atoms with Gasteiger partial charge < -0.3 is 9.64 Å². The summed E-state index contributed by atoms with van der Waals surface area (Å²) in [6, 6.07) is 5.11. The molecule has 0 aromatic heterocycles. The van der Waals surface area contributed by atoms with E-state index in [2.05, 4.69) is 0 Å². The second kappa shape index (κ2) is 7.23. The van der Waals surface area contributed by atoms with Crippen LogP contribution in [0.15, 0.2) is 18.2 Å². The predicted molar refractivity (Wildman–Crippen MR) is 96.4 cm³/mol. The molecule has 2 atom stereocenters. The largest absolute Gasteiger partial charge is 0.375 e. The van der Waals surface area contributed by atoms with Crippen LogP contribution in [0, 0.1) is 6.92 Å². The molecule has 2 heterocycles. The Bertz CT molecular complexity index is 768. The SMILES string of the molecule is Cc1c(Cl)cccc1C(=O)N1CC[C@@H]2[C@@H](CC1)OCCN2S(C)(=O)=O. The quantitative estimate of drug-likeness (QED) is 0.778. The van der Waals surface area contributed by atoms with Crippen LogP contribution in [-0.2, 0) is 14.8 Å². The molecule has 0 aliphatic carbocycles. The van der Waals surface area contributed by atoms with Crippen LogP contribution < -0.4 is 0 Å². The van der Waals surface area contributed by atoms with Gasteiger partial charge in [-0.2, -0.15) is 4.31 Å². The smallest absolute Gasteiger partial charge is 0.254 e. The Morgan fingerprint density at radius 3 is 2.68 bits per heavy atom. The van der Waals surface area contributed by atoms with Gasteiger partial charge in [0.2, 0.25) is 10.0 Å². The third-order valence-electron chi connectivity index (χ3n) is 5.03. The summed E-state index contributed by atoms with van der Waals surface area (Å²) in [6.07, 6.45) is 2.27. The average molecular weight is 387 g/mol. The number of likely N-dealkylation sites (tertiary alicyclic amines) is 1. The Balaban J connectivity index is 1.79. The van der Waals surface area contributed by atoms with Gasteiger partial charge in [-0.05, 0) is 37.5 Å². The van der Waals surface area contributed by atoms with Gasteiger partial charge in [-0.1, -0.05) is 17.7 Å². The number of rotatable bonds is 2. The maximum Gasteiger partial charge on any atom is 0.254 e. The van der Waals surface area contributed by atoms with Gasteiger partial charge in [0, 0.05) is 30.2 Å². The van der Waals surface area contributed by atoms with E-state index >= 15 is 0 Å². The van der Waals surface area contributed by atoms with Crippen molar-refractivity contribution < 1.29 is 17.9 Å². The van der Waals surface area contributed by atoms with Crippen LogP contribution in [0.4, 0.5) is 0 Å². The molecule has 0 spiro atoms. The number of ether oxygens (including phenoxy) is 1. The topological polar surface area (TPSA) is 66.9 Å². The maximum atomic E-state index is 12.9. The van der Waals surface area contributed by atoms with Gasteiger partial charge in [0.05, 0.1) is 25.0 Å². The zero-order valence-electron chi connectivity index (χ0n) is 14.4. The van der Waals surface area contributed by atoms with Crippen LogP contribution in [0.5, 0.6) is 0 Å². The minimum Gasteiger partial charge on any atom is -0.375 e. The molecule has 0 radical (unpaired) electrons. The number of hydrogen-bond acceptors (Lipinski definition) is 4. The minimum atomic E-state index is -3.28. The zero-order chi connectivity index (χ0) is 18.2. The number of morpholine rings is 1. The van der Waals surface area contributed by atoms with Crippen molar-refractivity contribution in [1.82, 2.24) is 9.21 Å². The van der Waals surface area contributed by atoms with Crippen molar-refractivity contribution in [3.05, 3.63) is 34.3 Å². The molecular weight excluding hydrogens is 364 g/mol. The second-order valence-corrected chi connectivity index (χ2v) is 8.97. The third kappa shape index (κ3) is 3.84. The fourth-order valence-electron chi connectivity index (χ4n) is 3.67. The van der Waals surface area contributed by atoms with Crippen molar-refractivity contribution >= 4 is 27.5 Å². The number of benzene rings is 1. The summed E-state index contributed by atoms with van der Waals surface area (Å²) in [4.78, 5) is 14.7. The van der Waals surface area contributed by atoms with Gasteiger partial charge in [0.1, 0.15) is 0 Å². The van der Waals surface area contributed by atoms with E-state index in [4.69, 9.17) is 16.3 Å². The van der Waals surface area contributed by atoms with Gasteiger partial charge in [-0.15, -0.1) is 0 Å². The average Bonchev–Trinajstić information content (AvgIpc) is 2.78. The van der Waals surface area contributed by atoms with E-state index in [-0.39, 0.29) is 18.1 Å². The Morgan fingerprint density at radius 1 is 1.24 bits per heavy atom. The van der Waals surface area contributed by atoms with Crippen molar-refractivity contribution in [3.63, 3.8) is 0 Å². The summed E-state index contributed by atoms with van der Waals surface area (Å²) in [7, 11) is -3.28. The van der Waals surface area contributed by atoms with Crippen LogP contribution in [0.25, 0.3) is 0 Å². The van der Waals surface area contributed by atoms with E-state index in [1.165, 1.54) is 10.6 Å². The predicted octanol–water partition coefficient (Wildman–Crippen LogP) is 1.91. The first-order valence-electron chi connectivity index (χ1n) is 8.42. The highest BCUT2D eigenvalue weighted by Crippen LogP contribution is 2.27. The van der Waals surface area contributed by atoms with E-state index in [1.54, 1.807) is 23.1 Å². The minimum absolute atomic E-state index is 0.0652. The standard InChI is InChI=1S/C17H23ClN2O4S/c1-12-13(4-3-5-14(12)18)17(21)19-8-6-15-16(7-9-19)24-11-10-20(15)25(2,22)23/h3-5,15-16H,6-11H2,1-2H3/t15-,16-/m1/s1. The molecule has 1 amide bonds. The summed E-state index contributed by atoms with van der Waals surface area (Å²) in [5.74, 6) is -0.0652. The highest BCUT2D eigenvalue weighted by Gasteiger charge is 2.39. The van der Waals surface area contributed by atoms with Gasteiger partial charge in [0.25, 0.3) is 5.91 Å². The molecular formula is C17H23ClN2O4S. The molecule has 2 aliphatic rings. The molecule has 8 heteroatoms. The Labute approximate surface area is 153 Å². The molecule has 0 saturated carbocycles. The highest BCUT2D eigenvalue weighted by molar-refractivity contribution is 7.88. The van der Waals surface area contributed by atoms with E-state index in [0.29, 0.717) is 49.7 Å². The number of carbonyl (C=O) groups is 1. The van der Waals surface area contributed by atoms with Gasteiger partial charge in [-0.25, -0.2) is 8.42 Å². The van der Waals surface area contributed by atoms with Gasteiger partial charge in [0.15, 0.2) is 0 Å². The molecule has 0 N–H and O–H groups in total. The number of sulfonamides is 1. The van der Waals surface area contributed by atoms with Crippen molar-refractivity contribution in [2.45, 2.75) is 31.9 Å². The highest BCUT2D eigenvalue weighted by atomic mass is 35.5. The first-order chi connectivity index (χ1) is 11.8. The fraction of sp³-hybridized carbons (Fsp3) is 0.588. The van der Waals surface area contributed by atoms with E-state index in [9.17, 15) is 13.2 Å². The number of nitrogens with zero attached hydrogens (tertiary/aromatic N) is 2. The maximum absolute atomic E-state index is 12.9. The van der Waals surface area contributed by atoms with Crippen molar-refractivity contribution in [2.75, 3.05) is 32.5 Å². The summed E-state index contributed by atoms with van der Waals surface area (Å²) >= 11 is 6.13. The lowest BCUT2D eigenvalue weighted by molar-refractivity contribution is -0.0406. The molecule has 1 aromatic rings. The van der Waals surface area contributed by atoms with Crippen molar-refractivity contribution in [3.8, 4) is 0 Å². The van der Waals surface area contributed by atoms with Crippen molar-refractivity contribution in [2.24, 2.45) is 0 Å². The monoisotopic (exact) mass is 386 g/mol. The third-order valence-corrected chi connectivity index (χ3v) is 6.75. The summed E-state index contributed by atoms with van der Waals surface area (Å²) in [5.41, 5.74) is 1.36. The summed E-state index contributed by atoms with van der Waals surface area (Å²) in [5, 5.41) is 0.570. The first-order valence-corrected chi connectivity index (χ1v) is 10.6. The molecule has 25 heavy (non-hydrogen) atoms. The second-order valence-electron chi connectivity index (χ2n) is 6.63. The van der Waals surface area contributed by atoms with Gasteiger partial charge >= 0.3 is 0 Å². The fourth-order valence-corrected chi connectivity index (χ4v) is 4.98. The van der Waals surface area contributed by atoms with Crippen molar-refractivity contribution in [1.29, 1.82) is 0 Å². The van der Waals surface area contributed by atoms with Crippen LogP contribution in [-0.4, -0.2) is 68.2 Å². The molecule has 2 aliphatic heterocycles. The molecule has 2 fully saturated rings. The molecule has 0 bridgehead atoms. The number of halogens is 1. The van der Waals surface area contributed by atoms with E-state index < -0.39 is 10.0 Å². The molecule has 2 saturated heterocycles. The molecule has 138 valence electrons. The summed E-state index contributed by atoms with van der Waals surface area (Å²) in [6.45, 7) is 3.66. The zero-order valence-corrected chi connectivity index (χ0v) is 16.0. The van der Waals surface area contributed by atoms with Crippen LogP contribution >= 0.6 is 11.6 Å². The Kier molecular flexibility index (Phi) is 5.39. The van der Waals surface area contributed by atoms with E-state index in [1.807, 2.05) is 6.92 Å². The Hall–Kier alpha value is -1.15.